The molecule has 0 radical (unpaired) electrons. The third-order valence-electron chi connectivity index (χ3n) is 3.70. The number of hydrogen-bond acceptors (Lipinski definition) is 6. The summed E-state index contributed by atoms with van der Waals surface area (Å²) in [6, 6.07) is 15.3. The Morgan fingerprint density at radius 1 is 0.680 bits per heavy atom. The van der Waals surface area contributed by atoms with Gasteiger partial charge in [-0.1, -0.05) is 24.3 Å². The molecule has 0 saturated carbocycles. The average Bonchev–Trinajstić information content (AvgIpc) is 3.25. The topological polar surface area (TPSA) is 106 Å². The van der Waals surface area contributed by atoms with Crippen LogP contribution in [0.4, 0.5) is 0 Å². The number of rotatable bonds is 4. The van der Waals surface area contributed by atoms with E-state index >= 15 is 0 Å². The molecular weight excluding hydrogens is 324 g/mol. The van der Waals surface area contributed by atoms with Crippen LogP contribution in [0, 0.1) is 0 Å². The van der Waals surface area contributed by atoms with E-state index in [1.54, 1.807) is 0 Å². The molecule has 2 aromatic carbocycles. The van der Waals surface area contributed by atoms with Gasteiger partial charge in [0, 0.05) is 24.3 Å². The first kappa shape index (κ1) is 14.9. The van der Waals surface area contributed by atoms with Crippen molar-refractivity contribution in [2.45, 2.75) is 6.42 Å². The van der Waals surface area contributed by atoms with E-state index in [9.17, 15) is 10.2 Å². The maximum atomic E-state index is 11.0. The Morgan fingerprint density at radius 3 is 1.40 bits per heavy atom. The van der Waals surface area contributed by atoms with Crippen molar-refractivity contribution in [2.75, 3.05) is 0 Å². The van der Waals surface area contributed by atoms with Gasteiger partial charge in [-0.25, -0.2) is 0 Å². The van der Waals surface area contributed by atoms with Crippen molar-refractivity contribution in [2.24, 2.45) is 0 Å². The third-order valence-corrected chi connectivity index (χ3v) is 3.70. The molecule has 0 bridgehead atoms. The highest BCUT2D eigenvalue weighted by atomic mass is 16.6. The van der Waals surface area contributed by atoms with E-state index in [-0.39, 0.29) is 0 Å². The maximum absolute atomic E-state index is 11.0. The molecule has 25 heavy (non-hydrogen) atoms. The fraction of sp³-hybridized carbons (Fsp3) is 0.0588. The van der Waals surface area contributed by atoms with Gasteiger partial charge in [0.25, 0.3) is 0 Å². The Morgan fingerprint density at radius 2 is 1.08 bits per heavy atom. The Hall–Kier alpha value is -3.68. The molecule has 0 N–H and O–H groups in total. The van der Waals surface area contributed by atoms with E-state index < -0.39 is 11.9 Å². The lowest BCUT2D eigenvalue weighted by Crippen LogP contribution is -2.31. The molecule has 0 atom stereocenters. The van der Waals surface area contributed by atoms with Gasteiger partial charge in [0.15, 0.2) is 0 Å². The highest BCUT2D eigenvalue weighted by Gasteiger charge is 2.10. The Bertz CT molecular complexity index is 908. The van der Waals surface area contributed by atoms with Crippen LogP contribution in [0.15, 0.2) is 70.0 Å². The zero-order valence-electron chi connectivity index (χ0n) is 12.9. The van der Waals surface area contributed by atoms with E-state index in [1.807, 2.05) is 48.5 Å². The first-order chi connectivity index (χ1) is 12.2. The predicted octanol–water partition coefficient (Wildman–Crippen LogP) is -0.0460. The van der Waals surface area contributed by atoms with Crippen molar-refractivity contribution in [1.82, 2.24) is 10.5 Å². The van der Waals surface area contributed by atoms with Crippen molar-refractivity contribution in [3.63, 3.8) is 0 Å². The van der Waals surface area contributed by atoms with E-state index in [1.165, 1.54) is 21.8 Å². The summed E-state index contributed by atoms with van der Waals surface area (Å²) in [7, 11) is 0. The van der Waals surface area contributed by atoms with Crippen LogP contribution in [-0.4, -0.2) is 10.5 Å². The molecule has 8 heteroatoms. The number of benzene rings is 2. The SMILES string of the molecule is [O-]c1c[n+](-c2ccc(Cc3ccc(-[n+]4cc([O-])on4)cc3)cc2)no1. The van der Waals surface area contributed by atoms with Crippen LogP contribution in [0.25, 0.3) is 11.4 Å². The van der Waals surface area contributed by atoms with Gasteiger partial charge >= 0.3 is 0 Å². The molecule has 0 spiro atoms. The Balaban J connectivity index is 1.48. The molecule has 4 aromatic rings. The zero-order valence-corrected chi connectivity index (χ0v) is 12.9. The standard InChI is InChI=1S/C17H12N4O4/c22-16-10-20(18-24-16)14-5-1-12(2-6-14)9-13-3-7-15(8-4-13)21-11-17(23)25-19-21/h1-8,10-11H,9H2. The van der Waals surface area contributed by atoms with E-state index in [0.29, 0.717) is 0 Å². The van der Waals surface area contributed by atoms with Gasteiger partial charge in [0.05, 0.1) is 10.5 Å². The molecule has 0 fully saturated rings. The molecule has 2 heterocycles. The number of nitrogens with zero attached hydrogens (tertiary/aromatic N) is 4. The van der Waals surface area contributed by atoms with Crippen LogP contribution in [0.1, 0.15) is 11.1 Å². The van der Waals surface area contributed by atoms with Gasteiger partial charge in [-0.3, -0.25) is 0 Å². The highest BCUT2D eigenvalue weighted by Crippen LogP contribution is 2.13. The lowest BCUT2D eigenvalue weighted by Gasteiger charge is -2.01. The summed E-state index contributed by atoms with van der Waals surface area (Å²) in [6.07, 6.45) is 3.30. The van der Waals surface area contributed by atoms with Crippen molar-refractivity contribution in [1.29, 1.82) is 0 Å². The van der Waals surface area contributed by atoms with Crippen molar-refractivity contribution in [3.8, 4) is 23.3 Å². The van der Waals surface area contributed by atoms with Gasteiger partial charge in [-0.15, -0.1) is 0 Å². The summed E-state index contributed by atoms with van der Waals surface area (Å²) < 4.78 is 11.8. The predicted molar refractivity (Wildman–Crippen MR) is 77.8 cm³/mol. The van der Waals surface area contributed by atoms with Gasteiger partial charge in [0.1, 0.15) is 11.9 Å². The minimum Gasteiger partial charge on any atom is -0.539 e. The number of hydrogen-bond donors (Lipinski definition) is 0. The second kappa shape index (κ2) is 6.08. The molecule has 0 saturated heterocycles. The second-order valence-corrected chi connectivity index (χ2v) is 5.44. The third kappa shape index (κ3) is 3.18. The summed E-state index contributed by atoms with van der Waals surface area (Å²) in [5, 5.41) is 29.3. The molecule has 4 rings (SSSR count). The number of aromatic nitrogens is 4. The van der Waals surface area contributed by atoms with E-state index in [2.05, 4.69) is 19.6 Å². The van der Waals surface area contributed by atoms with Gasteiger partial charge in [-0.05, 0) is 26.9 Å². The van der Waals surface area contributed by atoms with Crippen LogP contribution >= 0.6 is 0 Å². The smallest absolute Gasteiger partial charge is 0.239 e. The van der Waals surface area contributed by atoms with E-state index in [4.69, 9.17) is 0 Å². The molecule has 0 unspecified atom stereocenters. The monoisotopic (exact) mass is 336 g/mol. The van der Waals surface area contributed by atoms with Crippen LogP contribution in [0.3, 0.4) is 0 Å². The van der Waals surface area contributed by atoms with Crippen LogP contribution in [-0.2, 0) is 6.42 Å². The van der Waals surface area contributed by atoms with Crippen molar-refractivity contribution in [3.05, 3.63) is 72.1 Å². The molecule has 0 aliphatic carbocycles. The molecule has 0 amide bonds. The maximum Gasteiger partial charge on any atom is 0.239 e. The summed E-state index contributed by atoms with van der Waals surface area (Å²) in [4.78, 5) is 0. The summed E-state index contributed by atoms with van der Waals surface area (Å²) >= 11 is 0. The summed E-state index contributed by atoms with van der Waals surface area (Å²) in [5.41, 5.74) is 3.72. The summed E-state index contributed by atoms with van der Waals surface area (Å²) in [6.45, 7) is 0. The van der Waals surface area contributed by atoms with Crippen LogP contribution < -0.4 is 19.6 Å². The highest BCUT2D eigenvalue weighted by molar-refractivity contribution is 5.34. The largest absolute Gasteiger partial charge is 0.539 e. The quantitative estimate of drug-likeness (QED) is 0.484. The fourth-order valence-electron chi connectivity index (χ4n) is 2.47. The molecule has 124 valence electrons. The first-order valence-electron chi connectivity index (χ1n) is 7.47. The first-order valence-corrected chi connectivity index (χ1v) is 7.47. The minimum atomic E-state index is -0.488. The lowest BCUT2D eigenvalue weighted by molar-refractivity contribution is -0.670. The molecule has 2 aromatic heterocycles. The molecule has 0 aliphatic rings. The van der Waals surface area contributed by atoms with Crippen molar-refractivity contribution < 1.29 is 28.6 Å². The van der Waals surface area contributed by atoms with Crippen LogP contribution in [0.5, 0.6) is 11.9 Å². The Kier molecular flexibility index (Phi) is 3.62. The lowest BCUT2D eigenvalue weighted by atomic mass is 10.0. The Labute approximate surface area is 141 Å². The van der Waals surface area contributed by atoms with Gasteiger partial charge in [-0.2, -0.15) is 0 Å². The minimum absolute atomic E-state index is 0.488. The second-order valence-electron chi connectivity index (χ2n) is 5.44. The normalized spacial score (nSPS) is 10.9. The molecule has 0 aliphatic heterocycles. The molecule has 8 nitrogen and oxygen atoms in total. The summed E-state index contributed by atoms with van der Waals surface area (Å²) in [5.74, 6) is -0.975. The van der Waals surface area contributed by atoms with Gasteiger partial charge < -0.3 is 19.3 Å². The average molecular weight is 336 g/mol. The van der Waals surface area contributed by atoms with Crippen LogP contribution in [0.2, 0.25) is 0 Å². The van der Waals surface area contributed by atoms with Gasteiger partial charge in [0.2, 0.25) is 23.8 Å². The van der Waals surface area contributed by atoms with Crippen molar-refractivity contribution >= 4 is 0 Å². The molecular formula is C17H12N4O4. The van der Waals surface area contributed by atoms with E-state index in [0.717, 1.165) is 28.9 Å². The fourth-order valence-corrected chi connectivity index (χ4v) is 2.47. The zero-order chi connectivity index (χ0) is 17.2.